The fourth-order valence-corrected chi connectivity index (χ4v) is 4.90. The molecule has 1 aliphatic carbocycles. The Balaban J connectivity index is 1.40. The maximum absolute atomic E-state index is 13.3. The molecule has 176 valence electrons. The summed E-state index contributed by atoms with van der Waals surface area (Å²) in [5.74, 6) is -0.388. The van der Waals surface area contributed by atoms with E-state index in [1.165, 1.54) is 56.9 Å². The van der Waals surface area contributed by atoms with Gasteiger partial charge in [-0.05, 0) is 42.7 Å². The van der Waals surface area contributed by atoms with Crippen LogP contribution >= 0.6 is 11.6 Å². The maximum Gasteiger partial charge on any atom is 0.196 e. The van der Waals surface area contributed by atoms with E-state index in [4.69, 9.17) is 11.6 Å². The Morgan fingerprint density at radius 2 is 1.26 bits per heavy atom. The average Bonchev–Trinajstić information content (AvgIpc) is 2.86. The lowest BCUT2D eigenvalue weighted by atomic mass is 9.83. The van der Waals surface area contributed by atoms with E-state index in [0.29, 0.717) is 27.4 Å². The molecule has 34 heavy (non-hydrogen) atoms. The van der Waals surface area contributed by atoms with Gasteiger partial charge < -0.3 is 5.32 Å². The molecule has 4 heteroatoms. The van der Waals surface area contributed by atoms with Crippen molar-refractivity contribution >= 4 is 34.5 Å². The molecule has 3 aromatic carbocycles. The summed E-state index contributed by atoms with van der Waals surface area (Å²) in [5, 5.41) is 3.64. The highest BCUT2D eigenvalue weighted by Gasteiger charge is 2.33. The standard InChI is InChI=1S/C30H32ClNO2/c1-2-3-4-5-6-7-8-9-12-21-15-17-22(18-16-21)32-26-20-19-25(31)27-28(26)30(34)24-14-11-10-13-23(24)29(27)33/h10-11,13-20,32H,2-9,12H2,1H3. The van der Waals surface area contributed by atoms with Gasteiger partial charge in [0.2, 0.25) is 0 Å². The van der Waals surface area contributed by atoms with Crippen LogP contribution < -0.4 is 5.32 Å². The maximum atomic E-state index is 13.3. The number of halogens is 1. The third-order valence-electron chi connectivity index (χ3n) is 6.58. The molecule has 0 heterocycles. The summed E-state index contributed by atoms with van der Waals surface area (Å²) < 4.78 is 0. The molecule has 0 amide bonds. The Labute approximate surface area is 207 Å². The van der Waals surface area contributed by atoms with E-state index in [1.807, 2.05) is 12.1 Å². The van der Waals surface area contributed by atoms with Crippen molar-refractivity contribution in [1.82, 2.24) is 0 Å². The topological polar surface area (TPSA) is 46.2 Å². The molecule has 0 saturated carbocycles. The van der Waals surface area contributed by atoms with Crippen LogP contribution in [-0.4, -0.2) is 11.6 Å². The zero-order valence-electron chi connectivity index (χ0n) is 19.8. The van der Waals surface area contributed by atoms with Gasteiger partial charge in [-0.3, -0.25) is 9.59 Å². The third-order valence-corrected chi connectivity index (χ3v) is 6.89. The Hall–Kier alpha value is -2.91. The van der Waals surface area contributed by atoms with Crippen LogP contribution in [0.5, 0.6) is 0 Å². The number of fused-ring (bicyclic) bond motifs is 2. The van der Waals surface area contributed by atoms with Crippen LogP contribution in [0.1, 0.15) is 95.7 Å². The first-order valence-corrected chi connectivity index (χ1v) is 12.8. The molecule has 0 radical (unpaired) electrons. The highest BCUT2D eigenvalue weighted by molar-refractivity contribution is 6.40. The molecular formula is C30H32ClNO2. The molecule has 0 saturated heterocycles. The van der Waals surface area contributed by atoms with Crippen molar-refractivity contribution in [1.29, 1.82) is 0 Å². The van der Waals surface area contributed by atoms with Crippen molar-refractivity contribution in [2.45, 2.75) is 64.7 Å². The zero-order chi connectivity index (χ0) is 23.9. The van der Waals surface area contributed by atoms with Crippen LogP contribution in [0.4, 0.5) is 11.4 Å². The minimum absolute atomic E-state index is 0.179. The smallest absolute Gasteiger partial charge is 0.196 e. The largest absolute Gasteiger partial charge is 0.355 e. The van der Waals surface area contributed by atoms with E-state index in [9.17, 15) is 9.59 Å². The SMILES string of the molecule is CCCCCCCCCCc1ccc(Nc2ccc(Cl)c3c2C(=O)c2ccccc2C3=O)cc1. The number of ketones is 2. The molecule has 0 bridgehead atoms. The molecule has 4 rings (SSSR count). The van der Waals surface area contributed by atoms with E-state index in [0.717, 1.165) is 12.1 Å². The van der Waals surface area contributed by atoms with Crippen molar-refractivity contribution < 1.29 is 9.59 Å². The third kappa shape index (κ3) is 5.42. The number of nitrogens with one attached hydrogen (secondary N) is 1. The van der Waals surface area contributed by atoms with Gasteiger partial charge in [0.15, 0.2) is 11.6 Å². The van der Waals surface area contributed by atoms with Crippen molar-refractivity contribution in [3.8, 4) is 0 Å². The molecule has 1 aliphatic rings. The minimum atomic E-state index is -0.209. The van der Waals surface area contributed by atoms with E-state index in [-0.39, 0.29) is 17.1 Å². The number of unbranched alkanes of at least 4 members (excludes halogenated alkanes) is 7. The van der Waals surface area contributed by atoms with Gasteiger partial charge in [-0.1, -0.05) is 99.9 Å². The summed E-state index contributed by atoms with van der Waals surface area (Å²) >= 11 is 6.37. The first kappa shape index (κ1) is 24.2. The highest BCUT2D eigenvalue weighted by atomic mass is 35.5. The molecular weight excluding hydrogens is 442 g/mol. The normalized spacial score (nSPS) is 12.4. The van der Waals surface area contributed by atoms with E-state index in [1.54, 1.807) is 36.4 Å². The lowest BCUT2D eigenvalue weighted by Gasteiger charge is -2.22. The van der Waals surface area contributed by atoms with Gasteiger partial charge in [0.05, 0.1) is 21.8 Å². The lowest BCUT2D eigenvalue weighted by molar-refractivity contribution is 0.0980. The predicted octanol–water partition coefficient (Wildman–Crippen LogP) is 8.54. The van der Waals surface area contributed by atoms with Gasteiger partial charge in [0.1, 0.15) is 0 Å². The Bertz CT molecular complexity index is 1170. The fourth-order valence-electron chi connectivity index (χ4n) is 4.66. The predicted molar refractivity (Wildman–Crippen MR) is 141 cm³/mol. The van der Waals surface area contributed by atoms with Crippen molar-refractivity contribution in [3.05, 3.63) is 93.5 Å². The minimum Gasteiger partial charge on any atom is -0.355 e. The van der Waals surface area contributed by atoms with Gasteiger partial charge in [-0.2, -0.15) is 0 Å². The summed E-state index contributed by atoms with van der Waals surface area (Å²) in [7, 11) is 0. The second kappa shape index (κ2) is 11.5. The molecule has 0 aliphatic heterocycles. The van der Waals surface area contributed by atoms with Crippen LogP contribution in [0.3, 0.4) is 0 Å². The fraction of sp³-hybridized carbons (Fsp3) is 0.333. The second-order valence-electron chi connectivity index (χ2n) is 9.10. The molecule has 1 N–H and O–H groups in total. The summed E-state index contributed by atoms with van der Waals surface area (Å²) in [6.07, 6.45) is 11.6. The number of carbonyl (C=O) groups is 2. The highest BCUT2D eigenvalue weighted by Crippen LogP contribution is 2.37. The lowest BCUT2D eigenvalue weighted by Crippen LogP contribution is -2.22. The molecule has 3 nitrogen and oxygen atoms in total. The van der Waals surface area contributed by atoms with E-state index < -0.39 is 0 Å². The summed E-state index contributed by atoms with van der Waals surface area (Å²) in [4.78, 5) is 26.3. The Morgan fingerprint density at radius 1 is 0.676 bits per heavy atom. The van der Waals surface area contributed by atoms with Crippen molar-refractivity contribution in [2.75, 3.05) is 5.32 Å². The Morgan fingerprint density at radius 3 is 1.91 bits per heavy atom. The van der Waals surface area contributed by atoms with Crippen LogP contribution in [0, 0.1) is 0 Å². The Kier molecular flexibility index (Phi) is 8.18. The van der Waals surface area contributed by atoms with Crippen LogP contribution in [0.2, 0.25) is 5.02 Å². The van der Waals surface area contributed by atoms with E-state index in [2.05, 4.69) is 24.4 Å². The van der Waals surface area contributed by atoms with Crippen LogP contribution in [0.25, 0.3) is 0 Å². The van der Waals surface area contributed by atoms with Crippen LogP contribution in [0.15, 0.2) is 60.7 Å². The van der Waals surface area contributed by atoms with Gasteiger partial charge in [-0.25, -0.2) is 0 Å². The monoisotopic (exact) mass is 473 g/mol. The molecule has 3 aromatic rings. The number of hydrogen-bond donors (Lipinski definition) is 1. The summed E-state index contributed by atoms with van der Waals surface area (Å²) in [5.41, 5.74) is 4.25. The molecule has 0 aromatic heterocycles. The number of carbonyl (C=O) groups excluding carboxylic acids is 2. The molecule has 0 unspecified atom stereocenters. The molecule has 0 fully saturated rings. The zero-order valence-corrected chi connectivity index (χ0v) is 20.6. The molecule has 0 atom stereocenters. The first-order valence-electron chi connectivity index (χ1n) is 12.5. The number of rotatable bonds is 11. The van der Waals surface area contributed by atoms with Crippen molar-refractivity contribution in [3.63, 3.8) is 0 Å². The summed E-state index contributed by atoms with van der Waals surface area (Å²) in [6, 6.07) is 18.7. The quantitative estimate of drug-likeness (QED) is 0.222. The van der Waals surface area contributed by atoms with Gasteiger partial charge in [0.25, 0.3) is 0 Å². The second-order valence-corrected chi connectivity index (χ2v) is 9.50. The van der Waals surface area contributed by atoms with Gasteiger partial charge >= 0.3 is 0 Å². The average molecular weight is 474 g/mol. The number of benzene rings is 3. The van der Waals surface area contributed by atoms with E-state index >= 15 is 0 Å². The van der Waals surface area contributed by atoms with Crippen LogP contribution in [-0.2, 0) is 6.42 Å². The number of hydrogen-bond acceptors (Lipinski definition) is 3. The number of aryl methyl sites for hydroxylation is 1. The van der Waals surface area contributed by atoms with Gasteiger partial charge in [0, 0.05) is 16.8 Å². The first-order chi connectivity index (χ1) is 16.6. The molecule has 0 spiro atoms. The van der Waals surface area contributed by atoms with Gasteiger partial charge in [-0.15, -0.1) is 0 Å². The number of anilines is 2. The van der Waals surface area contributed by atoms with Crippen molar-refractivity contribution in [2.24, 2.45) is 0 Å². The summed E-state index contributed by atoms with van der Waals surface area (Å²) in [6.45, 7) is 2.25.